The molecule has 1 amide bonds. The number of hydrogen-bond acceptors (Lipinski definition) is 5. The number of aromatic nitrogens is 2. The number of aryl methyl sites for hydroxylation is 2. The van der Waals surface area contributed by atoms with Crippen LogP contribution in [0.25, 0.3) is 0 Å². The molecule has 1 saturated heterocycles. The summed E-state index contributed by atoms with van der Waals surface area (Å²) in [5, 5.41) is 2.97. The van der Waals surface area contributed by atoms with Crippen LogP contribution in [0.3, 0.4) is 0 Å². The van der Waals surface area contributed by atoms with Gasteiger partial charge < -0.3 is 19.9 Å². The number of nitrogens with zero attached hydrogens (tertiary/aromatic N) is 2. The van der Waals surface area contributed by atoms with E-state index in [1.54, 1.807) is 21.0 Å². The highest BCUT2D eigenvalue weighted by Crippen LogP contribution is 2.16. The lowest BCUT2D eigenvalue weighted by Crippen LogP contribution is -2.40. The minimum Gasteiger partial charge on any atom is -0.383 e. The minimum atomic E-state index is -0.221. The summed E-state index contributed by atoms with van der Waals surface area (Å²) in [5.74, 6) is 0.959. The molecular weight excluding hydrogens is 308 g/mol. The molecule has 2 heterocycles. The van der Waals surface area contributed by atoms with Crippen molar-refractivity contribution in [2.24, 2.45) is 5.92 Å². The van der Waals surface area contributed by atoms with E-state index in [4.69, 9.17) is 4.74 Å². The highest BCUT2D eigenvalue weighted by molar-refractivity contribution is 5.78. The molecule has 134 valence electrons. The third kappa shape index (κ3) is 5.42. The molecule has 0 aliphatic carbocycles. The molecule has 1 aromatic heterocycles. The number of carbonyl (C=O) groups excluding carboxylic acids is 1. The van der Waals surface area contributed by atoms with E-state index in [0.717, 1.165) is 39.1 Å². The Kier molecular flexibility index (Phi) is 6.93. The quantitative estimate of drug-likeness (QED) is 0.753. The first-order valence-electron chi connectivity index (χ1n) is 8.54. The number of ether oxygens (including phenoxy) is 1. The van der Waals surface area contributed by atoms with Gasteiger partial charge in [-0.2, -0.15) is 0 Å². The van der Waals surface area contributed by atoms with Crippen LogP contribution in [-0.2, 0) is 16.0 Å². The van der Waals surface area contributed by atoms with Gasteiger partial charge >= 0.3 is 0 Å². The fourth-order valence-electron chi connectivity index (χ4n) is 3.08. The molecule has 1 fully saturated rings. The standard InChI is InChI=1S/C17H28N4O3/c1-12-15(17(23)20-13(2)19-12)10-16(22)18-11-14-4-6-21(7-5-14)8-9-24-3/h14H,4-11H2,1-3H3,(H,18,22)(H,19,20,23). The third-order valence-electron chi connectivity index (χ3n) is 4.58. The molecule has 7 nitrogen and oxygen atoms in total. The summed E-state index contributed by atoms with van der Waals surface area (Å²) >= 11 is 0. The molecule has 7 heteroatoms. The maximum Gasteiger partial charge on any atom is 0.254 e. The number of H-pyrrole nitrogens is 1. The zero-order valence-electron chi connectivity index (χ0n) is 14.9. The molecule has 0 bridgehead atoms. The van der Waals surface area contributed by atoms with Crippen molar-refractivity contribution in [2.75, 3.05) is 39.9 Å². The van der Waals surface area contributed by atoms with E-state index >= 15 is 0 Å². The number of carbonyl (C=O) groups is 1. The van der Waals surface area contributed by atoms with Crippen molar-refractivity contribution in [1.82, 2.24) is 20.2 Å². The summed E-state index contributed by atoms with van der Waals surface area (Å²) in [5.41, 5.74) is 0.854. The fraction of sp³-hybridized carbons (Fsp3) is 0.706. The van der Waals surface area contributed by atoms with E-state index in [9.17, 15) is 9.59 Å². The van der Waals surface area contributed by atoms with Crippen LogP contribution in [0.4, 0.5) is 0 Å². The monoisotopic (exact) mass is 336 g/mol. The van der Waals surface area contributed by atoms with Gasteiger partial charge in [-0.25, -0.2) is 4.98 Å². The Balaban J connectivity index is 1.76. The summed E-state index contributed by atoms with van der Waals surface area (Å²) in [6, 6.07) is 0. The van der Waals surface area contributed by atoms with Crippen LogP contribution in [-0.4, -0.2) is 60.7 Å². The Morgan fingerprint density at radius 1 is 1.38 bits per heavy atom. The molecule has 2 rings (SSSR count). The smallest absolute Gasteiger partial charge is 0.254 e. The van der Waals surface area contributed by atoms with E-state index in [1.165, 1.54) is 0 Å². The fourth-order valence-corrected chi connectivity index (χ4v) is 3.08. The van der Waals surface area contributed by atoms with Crippen molar-refractivity contribution < 1.29 is 9.53 Å². The Bertz CT molecular complexity index is 606. The van der Waals surface area contributed by atoms with Crippen molar-refractivity contribution in [3.8, 4) is 0 Å². The normalized spacial score (nSPS) is 16.3. The summed E-state index contributed by atoms with van der Waals surface area (Å²) in [7, 11) is 1.72. The lowest BCUT2D eigenvalue weighted by atomic mass is 9.96. The minimum absolute atomic E-state index is 0.0845. The predicted molar refractivity (Wildman–Crippen MR) is 92.1 cm³/mol. The molecule has 0 atom stereocenters. The first-order valence-corrected chi connectivity index (χ1v) is 8.54. The van der Waals surface area contributed by atoms with Crippen LogP contribution < -0.4 is 10.9 Å². The van der Waals surface area contributed by atoms with E-state index in [1.807, 2.05) is 0 Å². The maximum absolute atomic E-state index is 12.1. The molecule has 0 unspecified atom stereocenters. The highest BCUT2D eigenvalue weighted by atomic mass is 16.5. The molecule has 1 aliphatic heterocycles. The number of aromatic amines is 1. The van der Waals surface area contributed by atoms with Gasteiger partial charge in [-0.15, -0.1) is 0 Å². The summed E-state index contributed by atoms with van der Waals surface area (Å²) < 4.78 is 5.10. The molecule has 0 saturated carbocycles. The summed E-state index contributed by atoms with van der Waals surface area (Å²) in [4.78, 5) is 33.3. The average Bonchev–Trinajstić information content (AvgIpc) is 2.55. The molecule has 0 spiro atoms. The highest BCUT2D eigenvalue weighted by Gasteiger charge is 2.20. The van der Waals surface area contributed by atoms with E-state index in [-0.39, 0.29) is 17.9 Å². The predicted octanol–water partition coefficient (Wildman–Crippen LogP) is 0.404. The average molecular weight is 336 g/mol. The number of hydrogen-bond donors (Lipinski definition) is 2. The lowest BCUT2D eigenvalue weighted by Gasteiger charge is -2.31. The lowest BCUT2D eigenvalue weighted by molar-refractivity contribution is -0.120. The number of nitrogens with one attached hydrogen (secondary N) is 2. The van der Waals surface area contributed by atoms with Crippen LogP contribution in [0.15, 0.2) is 4.79 Å². The molecule has 2 N–H and O–H groups in total. The first-order chi connectivity index (χ1) is 11.5. The van der Waals surface area contributed by atoms with Crippen LogP contribution >= 0.6 is 0 Å². The van der Waals surface area contributed by atoms with Gasteiger partial charge in [-0.05, 0) is 45.7 Å². The second-order valence-corrected chi connectivity index (χ2v) is 6.47. The second-order valence-electron chi connectivity index (χ2n) is 6.47. The van der Waals surface area contributed by atoms with E-state index in [0.29, 0.717) is 29.5 Å². The van der Waals surface area contributed by atoms with E-state index < -0.39 is 0 Å². The number of methoxy groups -OCH3 is 1. The molecule has 24 heavy (non-hydrogen) atoms. The van der Waals surface area contributed by atoms with Gasteiger partial charge in [0.15, 0.2) is 0 Å². The first kappa shape index (κ1) is 18.6. The van der Waals surface area contributed by atoms with Gasteiger partial charge in [0.2, 0.25) is 5.91 Å². The largest absolute Gasteiger partial charge is 0.383 e. The van der Waals surface area contributed by atoms with Crippen LogP contribution in [0.5, 0.6) is 0 Å². The topological polar surface area (TPSA) is 87.3 Å². The van der Waals surface area contributed by atoms with Gasteiger partial charge in [0, 0.05) is 31.5 Å². The van der Waals surface area contributed by atoms with Crippen molar-refractivity contribution in [2.45, 2.75) is 33.1 Å². The number of likely N-dealkylation sites (tertiary alicyclic amines) is 1. The van der Waals surface area contributed by atoms with Crippen molar-refractivity contribution in [3.63, 3.8) is 0 Å². The third-order valence-corrected chi connectivity index (χ3v) is 4.58. The number of amides is 1. The molecule has 0 aromatic carbocycles. The molecule has 1 aliphatic rings. The Labute approximate surface area is 142 Å². The van der Waals surface area contributed by atoms with Crippen molar-refractivity contribution in [1.29, 1.82) is 0 Å². The maximum atomic E-state index is 12.1. The Morgan fingerprint density at radius 2 is 2.08 bits per heavy atom. The van der Waals surface area contributed by atoms with Gasteiger partial charge in [-0.1, -0.05) is 0 Å². The van der Waals surface area contributed by atoms with E-state index in [2.05, 4.69) is 20.2 Å². The molecular formula is C17H28N4O3. The Morgan fingerprint density at radius 3 is 2.71 bits per heavy atom. The number of piperidine rings is 1. The zero-order valence-corrected chi connectivity index (χ0v) is 14.9. The molecule has 1 aromatic rings. The summed E-state index contributed by atoms with van der Waals surface area (Å²) in [6.45, 7) is 8.00. The van der Waals surface area contributed by atoms with Crippen molar-refractivity contribution in [3.05, 3.63) is 27.4 Å². The van der Waals surface area contributed by atoms with Crippen molar-refractivity contribution >= 4 is 5.91 Å². The second kappa shape index (κ2) is 8.94. The zero-order chi connectivity index (χ0) is 17.5. The van der Waals surface area contributed by atoms with Gasteiger partial charge in [-0.3, -0.25) is 9.59 Å². The van der Waals surface area contributed by atoms with Crippen LogP contribution in [0.2, 0.25) is 0 Å². The van der Waals surface area contributed by atoms with Crippen LogP contribution in [0.1, 0.15) is 29.9 Å². The number of rotatable bonds is 7. The van der Waals surface area contributed by atoms with Gasteiger partial charge in [0.05, 0.1) is 13.0 Å². The molecule has 0 radical (unpaired) electrons. The SMILES string of the molecule is COCCN1CCC(CNC(=O)Cc2c(C)nc(C)[nH]c2=O)CC1. The van der Waals surface area contributed by atoms with Crippen LogP contribution in [0, 0.1) is 19.8 Å². The Hall–Kier alpha value is -1.73. The summed E-state index contributed by atoms with van der Waals surface area (Å²) in [6.07, 6.45) is 2.24. The van der Waals surface area contributed by atoms with Gasteiger partial charge in [0.1, 0.15) is 5.82 Å². The van der Waals surface area contributed by atoms with Gasteiger partial charge in [0.25, 0.3) is 5.56 Å².